The predicted molar refractivity (Wildman–Crippen MR) is 296 cm³/mol. The summed E-state index contributed by atoms with van der Waals surface area (Å²) >= 11 is 0. The van der Waals surface area contributed by atoms with E-state index in [9.17, 15) is 0 Å². The monoisotopic (exact) mass is 867 g/mol. The van der Waals surface area contributed by atoms with E-state index in [4.69, 9.17) is 0 Å². The van der Waals surface area contributed by atoms with Crippen LogP contribution in [0.5, 0.6) is 0 Å². The van der Waals surface area contributed by atoms with Crippen LogP contribution >= 0.6 is 0 Å². The van der Waals surface area contributed by atoms with Crippen LogP contribution in [0.4, 0.5) is 0 Å². The molecule has 0 amide bonds. The van der Waals surface area contributed by atoms with Gasteiger partial charge in [0.05, 0.1) is 0 Å². The normalized spacial score (nSPS) is 13.2. The molecule has 7 aromatic carbocycles. The Morgan fingerprint density at radius 2 is 0.697 bits per heavy atom. The van der Waals surface area contributed by atoms with E-state index in [2.05, 4.69) is 261 Å². The van der Waals surface area contributed by atoms with Crippen LogP contribution in [0.25, 0.3) is 39.0 Å². The molecule has 0 radical (unpaired) electrons. The van der Waals surface area contributed by atoms with Crippen molar-refractivity contribution in [1.82, 2.24) is 0 Å². The van der Waals surface area contributed by atoms with Gasteiger partial charge in [-0.1, -0.05) is 266 Å². The lowest BCUT2D eigenvalue weighted by atomic mass is 9.64. The molecule has 0 spiro atoms. The molecule has 0 N–H and O–H groups in total. The zero-order chi connectivity index (χ0) is 47.7. The average Bonchev–Trinajstić information content (AvgIpc) is 3.39. The summed E-state index contributed by atoms with van der Waals surface area (Å²) in [7, 11) is 0. The molecular formula is C66H74. The first kappa shape index (κ1) is 51.9. The maximum Gasteiger partial charge on any atom is 0.0434 e. The highest BCUT2D eigenvalue weighted by atomic mass is 14.4. The first-order valence-corrected chi connectivity index (χ1v) is 24.1. The Labute approximate surface area is 400 Å². The first-order chi connectivity index (χ1) is 32.3. The van der Waals surface area contributed by atoms with E-state index < -0.39 is 5.41 Å². The molecule has 7 aromatic rings. The summed E-state index contributed by atoms with van der Waals surface area (Å²) in [5.74, 6) is 0. The molecule has 0 heteroatoms. The van der Waals surface area contributed by atoms with Crippen LogP contribution in [0.2, 0.25) is 0 Å². The van der Waals surface area contributed by atoms with Crippen LogP contribution in [0, 0.1) is 0 Å². The highest BCUT2D eigenvalue weighted by molar-refractivity contribution is 6.21. The Kier molecular flexibility index (Phi) is 21.6. The van der Waals surface area contributed by atoms with E-state index in [1.54, 1.807) is 0 Å². The molecule has 0 aliphatic carbocycles. The second-order valence-corrected chi connectivity index (χ2v) is 16.2. The smallest absolute Gasteiger partial charge is 0.0434 e. The highest BCUT2D eigenvalue weighted by Crippen LogP contribution is 2.52. The van der Waals surface area contributed by atoms with Crippen molar-refractivity contribution in [1.29, 1.82) is 0 Å². The fourth-order valence-electron chi connectivity index (χ4n) is 8.67. The third-order valence-electron chi connectivity index (χ3n) is 11.8. The quantitative estimate of drug-likeness (QED) is 0.0652. The topological polar surface area (TPSA) is 0 Å². The minimum atomic E-state index is -0.488. The maximum atomic E-state index is 2.43. The molecule has 0 aliphatic heterocycles. The SMILES string of the molecule is C/C=C(/c1ccccc1)C(C)(/C(=C(\CC)c1ccccc1)c1ccc(C(=C(/C)c2ccccc2)/C(=C(\C)c2ccccc2)c2ccccc2)cc1)c1ccccc1.C/C=C\C.CC.CCC. The lowest BCUT2D eigenvalue weighted by Crippen LogP contribution is -2.27. The molecule has 0 nitrogen and oxygen atoms in total. The molecule has 0 saturated heterocycles. The summed E-state index contributed by atoms with van der Waals surface area (Å²) in [6, 6.07) is 74.9. The van der Waals surface area contributed by atoms with E-state index in [0.29, 0.717) is 0 Å². The van der Waals surface area contributed by atoms with Gasteiger partial charge in [-0.25, -0.2) is 0 Å². The largest absolute Gasteiger partial charge is 0.0919 e. The zero-order valence-corrected chi connectivity index (χ0v) is 41.8. The van der Waals surface area contributed by atoms with E-state index in [0.717, 1.165) is 6.42 Å². The minimum absolute atomic E-state index is 0.488. The van der Waals surface area contributed by atoms with Gasteiger partial charge in [-0.3, -0.25) is 0 Å². The maximum absolute atomic E-state index is 2.43. The van der Waals surface area contributed by atoms with E-state index in [1.807, 2.05) is 39.8 Å². The third-order valence-corrected chi connectivity index (χ3v) is 11.8. The van der Waals surface area contributed by atoms with Gasteiger partial charge in [0.2, 0.25) is 0 Å². The van der Waals surface area contributed by atoms with Crippen molar-refractivity contribution in [3.63, 3.8) is 0 Å². The first-order valence-electron chi connectivity index (χ1n) is 24.1. The van der Waals surface area contributed by atoms with Crippen LogP contribution < -0.4 is 0 Å². The van der Waals surface area contributed by atoms with Crippen molar-refractivity contribution >= 4 is 39.0 Å². The van der Waals surface area contributed by atoms with Crippen molar-refractivity contribution in [2.75, 3.05) is 0 Å². The van der Waals surface area contributed by atoms with Crippen molar-refractivity contribution in [3.8, 4) is 0 Å². The number of hydrogen-bond acceptors (Lipinski definition) is 0. The van der Waals surface area contributed by atoms with Gasteiger partial charge in [0.1, 0.15) is 0 Å². The van der Waals surface area contributed by atoms with Gasteiger partial charge in [-0.05, 0) is 131 Å². The highest BCUT2D eigenvalue weighted by Gasteiger charge is 2.38. The summed E-state index contributed by atoms with van der Waals surface area (Å²) in [4.78, 5) is 0. The summed E-state index contributed by atoms with van der Waals surface area (Å²) < 4.78 is 0. The molecule has 0 bridgehead atoms. The Morgan fingerprint density at radius 3 is 1.05 bits per heavy atom. The molecular weight excluding hydrogens is 793 g/mol. The lowest BCUT2D eigenvalue weighted by Gasteiger charge is -2.39. The number of allylic oxidation sites excluding steroid dienone is 10. The summed E-state index contributed by atoms with van der Waals surface area (Å²) in [5.41, 5.74) is 18.1. The fourth-order valence-corrected chi connectivity index (χ4v) is 8.67. The van der Waals surface area contributed by atoms with Crippen LogP contribution in [0.3, 0.4) is 0 Å². The Bertz CT molecular complexity index is 2600. The van der Waals surface area contributed by atoms with E-state index in [-0.39, 0.29) is 0 Å². The van der Waals surface area contributed by atoms with Gasteiger partial charge in [0, 0.05) is 5.41 Å². The van der Waals surface area contributed by atoms with Gasteiger partial charge >= 0.3 is 0 Å². The molecule has 338 valence electrons. The molecule has 66 heavy (non-hydrogen) atoms. The van der Waals surface area contributed by atoms with Crippen molar-refractivity contribution < 1.29 is 0 Å². The van der Waals surface area contributed by atoms with Crippen LogP contribution in [0.15, 0.2) is 224 Å². The molecule has 0 aliphatic rings. The Morgan fingerprint density at radius 1 is 0.394 bits per heavy atom. The van der Waals surface area contributed by atoms with Gasteiger partial charge in [-0.2, -0.15) is 0 Å². The van der Waals surface area contributed by atoms with Crippen molar-refractivity contribution in [2.45, 2.75) is 94.4 Å². The number of benzene rings is 7. The summed E-state index contributed by atoms with van der Waals surface area (Å²) in [5, 5.41) is 0. The molecule has 1 unspecified atom stereocenters. The second-order valence-electron chi connectivity index (χ2n) is 16.2. The molecule has 0 aromatic heterocycles. The summed E-state index contributed by atoms with van der Waals surface area (Å²) in [6.07, 6.45) is 8.45. The number of hydrogen-bond donors (Lipinski definition) is 0. The van der Waals surface area contributed by atoms with Gasteiger partial charge < -0.3 is 0 Å². The van der Waals surface area contributed by atoms with E-state index in [1.165, 1.54) is 89.9 Å². The van der Waals surface area contributed by atoms with Crippen LogP contribution in [-0.2, 0) is 5.41 Å². The van der Waals surface area contributed by atoms with E-state index >= 15 is 0 Å². The molecule has 0 saturated carbocycles. The second kappa shape index (κ2) is 27.5. The van der Waals surface area contributed by atoms with Crippen LogP contribution in [0.1, 0.15) is 134 Å². The summed E-state index contributed by atoms with van der Waals surface area (Å²) in [6.45, 7) is 23.7. The zero-order valence-electron chi connectivity index (χ0n) is 41.8. The van der Waals surface area contributed by atoms with Gasteiger partial charge in [0.25, 0.3) is 0 Å². The standard InChI is InChI=1S/C57H52.C4H8.C3H8.C2H6/c1-6-52(46-30-18-10-19-31-46)56(57(5,51-36-24-13-25-37-51)53(7-2)47-32-20-11-21-33-47)50-40-38-49(39-41-50)55(43(4)45-28-16-9-17-29-45)54(48-34-22-12-23-35-48)42(3)44-26-14-8-15-27-44;1-3-4-2;1-3-2;1-2/h7-41H,6H2,1-5H3;3-4H,1-2H3;3H2,1-2H3;1-2H3/b53-7-,54-42+,55-43+,56-52+;4-3-;;. The van der Waals surface area contributed by atoms with Crippen molar-refractivity contribution in [3.05, 3.63) is 269 Å². The third kappa shape index (κ3) is 12.9. The molecule has 0 heterocycles. The number of rotatable bonds is 12. The predicted octanol–water partition coefficient (Wildman–Crippen LogP) is 19.7. The lowest BCUT2D eigenvalue weighted by molar-refractivity contribution is 0.801. The molecule has 0 fully saturated rings. The van der Waals surface area contributed by atoms with Gasteiger partial charge in [-0.15, -0.1) is 0 Å². The fraction of sp³-hybridized carbons (Fsp3) is 0.212. The minimum Gasteiger partial charge on any atom is -0.0919 e. The van der Waals surface area contributed by atoms with Crippen LogP contribution in [-0.4, -0.2) is 0 Å². The van der Waals surface area contributed by atoms with Crippen molar-refractivity contribution in [2.24, 2.45) is 0 Å². The molecule has 1 atom stereocenters. The average molecular weight is 867 g/mol. The Hall–Kier alpha value is -6.76. The molecule has 7 rings (SSSR count). The van der Waals surface area contributed by atoms with Gasteiger partial charge in [0.15, 0.2) is 0 Å². The Balaban J connectivity index is 0.000000979.